The number of aliphatic imine (C=N–C) groups is 1. The third kappa shape index (κ3) is 4.15. The van der Waals surface area contributed by atoms with Gasteiger partial charge in [-0.25, -0.2) is 0 Å². The number of aromatic hydroxyl groups is 1. The van der Waals surface area contributed by atoms with E-state index >= 15 is 0 Å². The molecule has 1 heterocycles. The van der Waals surface area contributed by atoms with E-state index in [9.17, 15) is 18.3 Å². The number of alkyl halides is 3. The molecule has 3 nitrogen and oxygen atoms in total. The van der Waals surface area contributed by atoms with Crippen molar-refractivity contribution in [1.29, 1.82) is 0 Å². The van der Waals surface area contributed by atoms with Crippen molar-refractivity contribution in [3.05, 3.63) is 52.0 Å². The first-order valence-electron chi connectivity index (χ1n) is 7.83. The lowest BCUT2D eigenvalue weighted by Gasteiger charge is -2.20. The van der Waals surface area contributed by atoms with Gasteiger partial charge in [0.05, 0.1) is 16.9 Å². The Morgan fingerprint density at radius 2 is 1.80 bits per heavy atom. The predicted molar refractivity (Wildman–Crippen MR) is 96.0 cm³/mol. The predicted octanol–water partition coefficient (Wildman–Crippen LogP) is 5.52. The van der Waals surface area contributed by atoms with Crippen LogP contribution in [0.1, 0.15) is 24.0 Å². The zero-order valence-corrected chi connectivity index (χ0v) is 14.8. The van der Waals surface area contributed by atoms with Crippen LogP contribution in [-0.2, 0) is 6.18 Å². The molecule has 2 aromatic rings. The summed E-state index contributed by atoms with van der Waals surface area (Å²) >= 11 is 3.30. The van der Waals surface area contributed by atoms with Crippen LogP contribution in [0.15, 0.2) is 45.9 Å². The summed E-state index contributed by atoms with van der Waals surface area (Å²) in [5.74, 6) is 0.0154. The highest BCUT2D eigenvalue weighted by Crippen LogP contribution is 2.38. The smallest absolute Gasteiger partial charge is 0.416 e. The van der Waals surface area contributed by atoms with Crippen LogP contribution < -0.4 is 4.90 Å². The van der Waals surface area contributed by atoms with Gasteiger partial charge in [-0.05, 0) is 49.2 Å². The number of halogens is 4. The second kappa shape index (κ2) is 7.07. The lowest BCUT2D eigenvalue weighted by molar-refractivity contribution is -0.137. The zero-order valence-electron chi connectivity index (χ0n) is 13.2. The fraction of sp³-hybridized carbons (Fsp3) is 0.278. The molecule has 0 bridgehead atoms. The Bertz CT molecular complexity index is 799. The maximum absolute atomic E-state index is 13.0. The van der Waals surface area contributed by atoms with Crippen molar-refractivity contribution in [3.63, 3.8) is 0 Å². The third-order valence-corrected chi connectivity index (χ3v) is 4.58. The summed E-state index contributed by atoms with van der Waals surface area (Å²) < 4.78 is 39.9. The van der Waals surface area contributed by atoms with Gasteiger partial charge in [0.2, 0.25) is 0 Å². The molecule has 132 valence electrons. The first-order chi connectivity index (χ1) is 11.8. The van der Waals surface area contributed by atoms with Crippen molar-refractivity contribution < 1.29 is 18.3 Å². The van der Waals surface area contributed by atoms with Gasteiger partial charge in [-0.2, -0.15) is 13.2 Å². The molecule has 0 saturated carbocycles. The monoisotopic (exact) mass is 412 g/mol. The summed E-state index contributed by atoms with van der Waals surface area (Å²) in [5.41, 5.74) is 0.618. The lowest BCUT2D eigenvalue weighted by Crippen LogP contribution is -2.18. The van der Waals surface area contributed by atoms with E-state index in [0.717, 1.165) is 42.5 Å². The SMILES string of the molecule is Oc1ccc(Br)cc1C=Nc1cc(C(F)(F)F)ccc1N1CCCC1. The van der Waals surface area contributed by atoms with Gasteiger partial charge in [0.1, 0.15) is 5.75 Å². The summed E-state index contributed by atoms with van der Waals surface area (Å²) in [6.45, 7) is 1.60. The van der Waals surface area contributed by atoms with Crippen molar-refractivity contribution in [3.8, 4) is 5.75 Å². The molecule has 25 heavy (non-hydrogen) atoms. The highest BCUT2D eigenvalue weighted by molar-refractivity contribution is 9.10. The molecule has 0 aliphatic carbocycles. The molecule has 1 fully saturated rings. The molecule has 1 aliphatic rings. The van der Waals surface area contributed by atoms with Gasteiger partial charge in [-0.1, -0.05) is 15.9 Å². The van der Waals surface area contributed by atoms with Crippen LogP contribution in [0.4, 0.5) is 24.5 Å². The van der Waals surface area contributed by atoms with E-state index < -0.39 is 11.7 Å². The van der Waals surface area contributed by atoms with E-state index in [1.54, 1.807) is 12.1 Å². The van der Waals surface area contributed by atoms with Gasteiger partial charge in [-0.3, -0.25) is 4.99 Å². The molecule has 7 heteroatoms. The second-order valence-electron chi connectivity index (χ2n) is 5.86. The molecule has 0 spiro atoms. The first-order valence-corrected chi connectivity index (χ1v) is 8.63. The Balaban J connectivity index is 2.02. The minimum atomic E-state index is -4.42. The normalized spacial score (nSPS) is 15.3. The molecule has 0 radical (unpaired) electrons. The molecule has 0 aromatic heterocycles. The van der Waals surface area contributed by atoms with Gasteiger partial charge >= 0.3 is 6.18 Å². The molecular weight excluding hydrogens is 397 g/mol. The molecule has 0 atom stereocenters. The van der Waals surface area contributed by atoms with Gasteiger partial charge < -0.3 is 10.0 Å². The van der Waals surface area contributed by atoms with E-state index in [4.69, 9.17) is 0 Å². The maximum Gasteiger partial charge on any atom is 0.416 e. The molecule has 1 saturated heterocycles. The van der Waals surface area contributed by atoms with E-state index in [2.05, 4.69) is 20.9 Å². The molecule has 3 rings (SSSR count). The molecular formula is C18H16BrF3N2O. The second-order valence-corrected chi connectivity index (χ2v) is 6.77. The van der Waals surface area contributed by atoms with Crippen molar-refractivity contribution in [2.45, 2.75) is 19.0 Å². The van der Waals surface area contributed by atoms with Crippen LogP contribution in [0.5, 0.6) is 5.75 Å². The Morgan fingerprint density at radius 3 is 2.48 bits per heavy atom. The Kier molecular flexibility index (Phi) is 5.03. The van der Waals surface area contributed by atoms with Crippen LogP contribution in [0, 0.1) is 0 Å². The van der Waals surface area contributed by atoms with Crippen LogP contribution in [-0.4, -0.2) is 24.4 Å². The minimum absolute atomic E-state index is 0.0154. The largest absolute Gasteiger partial charge is 0.507 e. The molecule has 0 amide bonds. The molecule has 1 aliphatic heterocycles. The number of anilines is 1. The summed E-state index contributed by atoms with van der Waals surface area (Å²) in [4.78, 5) is 6.28. The number of phenolic OH excluding ortho intramolecular Hbond substituents is 1. The third-order valence-electron chi connectivity index (χ3n) is 4.08. The average molecular weight is 413 g/mol. The number of nitrogens with zero attached hydrogens (tertiary/aromatic N) is 2. The number of benzene rings is 2. The summed E-state index contributed by atoms with van der Waals surface area (Å²) in [6, 6.07) is 8.44. The number of hydrogen-bond donors (Lipinski definition) is 1. The van der Waals surface area contributed by atoms with Crippen molar-refractivity contribution in [2.75, 3.05) is 18.0 Å². The highest BCUT2D eigenvalue weighted by atomic mass is 79.9. The number of rotatable bonds is 3. The first kappa shape index (κ1) is 17.8. The molecule has 1 N–H and O–H groups in total. The Hall–Kier alpha value is -2.02. The van der Waals surface area contributed by atoms with E-state index in [0.29, 0.717) is 11.3 Å². The average Bonchev–Trinajstić information content (AvgIpc) is 3.09. The van der Waals surface area contributed by atoms with Crippen molar-refractivity contribution in [2.24, 2.45) is 4.99 Å². The van der Waals surface area contributed by atoms with Gasteiger partial charge in [0.15, 0.2) is 0 Å². The van der Waals surface area contributed by atoms with Crippen molar-refractivity contribution in [1.82, 2.24) is 0 Å². The standard InChI is InChI=1S/C18H16BrF3N2O/c19-14-4-6-17(25)12(9-14)11-23-15-10-13(18(20,21)22)3-5-16(15)24-7-1-2-8-24/h3-6,9-11,25H,1-2,7-8H2. The van der Waals surface area contributed by atoms with E-state index in [-0.39, 0.29) is 11.4 Å². The highest BCUT2D eigenvalue weighted by Gasteiger charge is 2.31. The number of phenols is 1. The van der Waals surface area contributed by atoms with Crippen molar-refractivity contribution >= 4 is 33.5 Å². The number of hydrogen-bond acceptors (Lipinski definition) is 3. The zero-order chi connectivity index (χ0) is 18.0. The molecule has 0 unspecified atom stereocenters. The van der Waals surface area contributed by atoms with Crippen LogP contribution in [0.2, 0.25) is 0 Å². The quantitative estimate of drug-likeness (QED) is 0.673. The van der Waals surface area contributed by atoms with Gasteiger partial charge in [-0.15, -0.1) is 0 Å². The fourth-order valence-corrected chi connectivity index (χ4v) is 3.18. The van der Waals surface area contributed by atoms with E-state index in [1.807, 2.05) is 4.90 Å². The lowest BCUT2D eigenvalue weighted by atomic mass is 10.1. The van der Waals surface area contributed by atoms with Crippen LogP contribution in [0.3, 0.4) is 0 Å². The van der Waals surface area contributed by atoms with Crippen LogP contribution >= 0.6 is 15.9 Å². The minimum Gasteiger partial charge on any atom is -0.507 e. The summed E-state index contributed by atoms with van der Waals surface area (Å²) in [6.07, 6.45) is -1.02. The Labute approximate surface area is 151 Å². The maximum atomic E-state index is 13.0. The van der Waals surface area contributed by atoms with Gasteiger partial charge in [0, 0.05) is 29.3 Å². The fourth-order valence-electron chi connectivity index (χ4n) is 2.80. The Morgan fingerprint density at radius 1 is 1.08 bits per heavy atom. The molecule has 2 aromatic carbocycles. The topological polar surface area (TPSA) is 35.8 Å². The van der Waals surface area contributed by atoms with Crippen LogP contribution in [0.25, 0.3) is 0 Å². The van der Waals surface area contributed by atoms with Gasteiger partial charge in [0.25, 0.3) is 0 Å². The van der Waals surface area contributed by atoms with E-state index in [1.165, 1.54) is 18.3 Å². The summed E-state index contributed by atoms with van der Waals surface area (Å²) in [7, 11) is 0. The summed E-state index contributed by atoms with van der Waals surface area (Å²) in [5, 5.41) is 9.88.